The molecule has 3 N–H and O–H groups in total. The number of thiazole rings is 1. The second kappa shape index (κ2) is 8.52. The molecule has 112 valence electrons. The molecule has 6 nitrogen and oxygen atoms in total. The minimum atomic E-state index is -1.01. The Morgan fingerprint density at radius 2 is 2.10 bits per heavy atom. The summed E-state index contributed by atoms with van der Waals surface area (Å²) in [6.45, 7) is 4.61. The van der Waals surface area contributed by atoms with E-state index in [0.717, 1.165) is 24.1 Å². The average molecular weight is 299 g/mol. The maximum Gasteiger partial charge on any atom is 0.404 e. The highest BCUT2D eigenvalue weighted by atomic mass is 32.1. The number of nitrogens with one attached hydrogen (secondary N) is 2. The van der Waals surface area contributed by atoms with Crippen LogP contribution in [0.1, 0.15) is 50.3 Å². The Balaban J connectivity index is 2.15. The number of carbonyl (C=O) groups is 2. The molecule has 0 bridgehead atoms. The van der Waals surface area contributed by atoms with Gasteiger partial charge < -0.3 is 15.7 Å². The molecule has 20 heavy (non-hydrogen) atoms. The molecule has 0 aliphatic rings. The lowest BCUT2D eigenvalue weighted by Gasteiger charge is -2.02. The number of rotatable bonds is 8. The minimum absolute atomic E-state index is 0.0409. The van der Waals surface area contributed by atoms with E-state index in [1.54, 1.807) is 6.20 Å². The van der Waals surface area contributed by atoms with Crippen LogP contribution in [0.15, 0.2) is 6.20 Å². The second-order valence-electron chi connectivity index (χ2n) is 4.81. The Bertz CT molecular complexity index is 446. The Kier molecular flexibility index (Phi) is 7.00. The zero-order valence-corrected chi connectivity index (χ0v) is 12.6. The number of unbranched alkanes of at least 4 members (excludes halogenated alkanes) is 2. The van der Waals surface area contributed by atoms with Gasteiger partial charge in [-0.25, -0.2) is 9.78 Å². The third-order valence-electron chi connectivity index (χ3n) is 2.70. The number of carboxylic acid groups (broad SMARTS) is 1. The van der Waals surface area contributed by atoms with Crippen LogP contribution in [-0.2, 0) is 4.79 Å². The number of aromatic nitrogens is 1. The van der Waals surface area contributed by atoms with E-state index in [2.05, 4.69) is 29.5 Å². The Morgan fingerprint density at radius 1 is 1.35 bits per heavy atom. The number of amides is 2. The molecule has 0 saturated carbocycles. The van der Waals surface area contributed by atoms with Gasteiger partial charge >= 0.3 is 6.09 Å². The maximum atomic E-state index is 11.7. The van der Waals surface area contributed by atoms with Crippen LogP contribution in [-0.4, -0.2) is 28.6 Å². The van der Waals surface area contributed by atoms with Gasteiger partial charge in [0.25, 0.3) is 0 Å². The first-order valence-electron chi connectivity index (χ1n) is 6.71. The van der Waals surface area contributed by atoms with E-state index < -0.39 is 6.09 Å². The molecule has 0 aliphatic heterocycles. The van der Waals surface area contributed by atoms with Crippen molar-refractivity contribution < 1.29 is 14.7 Å². The third kappa shape index (κ3) is 6.51. The van der Waals surface area contributed by atoms with Gasteiger partial charge in [-0.2, -0.15) is 0 Å². The Labute approximate surface area is 122 Å². The summed E-state index contributed by atoms with van der Waals surface area (Å²) >= 11 is 1.50. The summed E-state index contributed by atoms with van der Waals surface area (Å²) in [4.78, 5) is 27.2. The quantitative estimate of drug-likeness (QED) is 0.643. The molecular formula is C13H21N3O3S. The lowest BCUT2D eigenvalue weighted by molar-refractivity contribution is -0.116. The minimum Gasteiger partial charge on any atom is -0.465 e. The van der Waals surface area contributed by atoms with Gasteiger partial charge in [-0.3, -0.25) is 4.79 Å². The highest BCUT2D eigenvalue weighted by Crippen LogP contribution is 2.25. The van der Waals surface area contributed by atoms with E-state index in [1.807, 2.05) is 0 Å². The summed E-state index contributed by atoms with van der Waals surface area (Å²) in [5, 5.41) is 14.1. The van der Waals surface area contributed by atoms with Crippen molar-refractivity contribution >= 4 is 28.5 Å². The number of nitrogens with zero attached hydrogens (tertiary/aromatic N) is 1. The zero-order chi connectivity index (χ0) is 15.0. The van der Waals surface area contributed by atoms with Crippen molar-refractivity contribution in [2.24, 2.45) is 0 Å². The fraction of sp³-hybridized carbons (Fsp3) is 0.615. The molecule has 0 spiro atoms. The van der Waals surface area contributed by atoms with Crippen LogP contribution >= 0.6 is 11.3 Å². The molecule has 1 heterocycles. The van der Waals surface area contributed by atoms with Gasteiger partial charge in [0.15, 0.2) is 5.13 Å². The van der Waals surface area contributed by atoms with Crippen molar-refractivity contribution in [2.45, 2.75) is 45.4 Å². The Morgan fingerprint density at radius 3 is 2.70 bits per heavy atom. The standard InChI is InChI=1S/C13H21N3O3S/c1-9(2)10-8-15-12(20-10)16-11(17)6-4-3-5-7-14-13(18)19/h8-9,14H,3-7H2,1-2H3,(H,18,19)(H,15,16,17). The first kappa shape index (κ1) is 16.4. The van der Waals surface area contributed by atoms with Gasteiger partial charge in [0.2, 0.25) is 5.91 Å². The highest BCUT2D eigenvalue weighted by Gasteiger charge is 2.08. The molecule has 0 atom stereocenters. The molecule has 0 aliphatic carbocycles. The van der Waals surface area contributed by atoms with Crippen LogP contribution < -0.4 is 10.6 Å². The Hall–Kier alpha value is -1.63. The van der Waals surface area contributed by atoms with Gasteiger partial charge in [0, 0.05) is 24.0 Å². The highest BCUT2D eigenvalue weighted by molar-refractivity contribution is 7.15. The topological polar surface area (TPSA) is 91.3 Å². The first-order chi connectivity index (χ1) is 9.49. The fourth-order valence-electron chi connectivity index (χ4n) is 1.58. The van der Waals surface area contributed by atoms with Crippen LogP contribution in [0.5, 0.6) is 0 Å². The van der Waals surface area contributed by atoms with E-state index in [4.69, 9.17) is 5.11 Å². The molecule has 1 aromatic rings. The van der Waals surface area contributed by atoms with Crippen LogP contribution in [0.4, 0.5) is 9.93 Å². The summed E-state index contributed by atoms with van der Waals surface area (Å²) in [5.74, 6) is 0.376. The van der Waals surface area contributed by atoms with Crippen molar-refractivity contribution in [2.75, 3.05) is 11.9 Å². The average Bonchev–Trinajstić information content (AvgIpc) is 2.81. The lowest BCUT2D eigenvalue weighted by Crippen LogP contribution is -2.21. The van der Waals surface area contributed by atoms with E-state index >= 15 is 0 Å². The molecule has 0 unspecified atom stereocenters. The van der Waals surface area contributed by atoms with Gasteiger partial charge in [-0.05, 0) is 18.8 Å². The summed E-state index contributed by atoms with van der Waals surface area (Å²) in [5.41, 5.74) is 0. The maximum absolute atomic E-state index is 11.7. The van der Waals surface area contributed by atoms with E-state index in [-0.39, 0.29) is 5.91 Å². The van der Waals surface area contributed by atoms with Crippen molar-refractivity contribution in [3.8, 4) is 0 Å². The normalized spacial score (nSPS) is 10.6. The molecule has 2 amide bonds. The van der Waals surface area contributed by atoms with E-state index in [1.165, 1.54) is 11.3 Å². The summed E-state index contributed by atoms with van der Waals surface area (Å²) in [6.07, 6.45) is 3.53. The number of hydrogen-bond donors (Lipinski definition) is 3. The molecule has 0 saturated heterocycles. The zero-order valence-electron chi connectivity index (χ0n) is 11.8. The first-order valence-corrected chi connectivity index (χ1v) is 7.53. The van der Waals surface area contributed by atoms with E-state index in [9.17, 15) is 9.59 Å². The number of anilines is 1. The smallest absolute Gasteiger partial charge is 0.404 e. The van der Waals surface area contributed by atoms with Gasteiger partial charge in [-0.1, -0.05) is 20.3 Å². The van der Waals surface area contributed by atoms with Crippen molar-refractivity contribution in [1.29, 1.82) is 0 Å². The van der Waals surface area contributed by atoms with Crippen LogP contribution in [0.2, 0.25) is 0 Å². The molecule has 7 heteroatoms. The molecule has 0 aromatic carbocycles. The van der Waals surface area contributed by atoms with Crippen LogP contribution in [0, 0.1) is 0 Å². The third-order valence-corrected chi connectivity index (χ3v) is 3.91. The molecule has 0 radical (unpaired) electrons. The lowest BCUT2D eigenvalue weighted by atomic mass is 10.2. The SMILES string of the molecule is CC(C)c1cnc(NC(=O)CCCCCNC(=O)O)s1. The molecule has 1 rings (SSSR count). The van der Waals surface area contributed by atoms with Crippen molar-refractivity contribution in [1.82, 2.24) is 10.3 Å². The summed E-state index contributed by atoms with van der Waals surface area (Å²) < 4.78 is 0. The van der Waals surface area contributed by atoms with Gasteiger partial charge in [-0.15, -0.1) is 11.3 Å². The fourth-order valence-corrected chi connectivity index (χ4v) is 2.41. The van der Waals surface area contributed by atoms with Crippen LogP contribution in [0.25, 0.3) is 0 Å². The molecule has 0 fully saturated rings. The monoisotopic (exact) mass is 299 g/mol. The van der Waals surface area contributed by atoms with Crippen molar-refractivity contribution in [3.63, 3.8) is 0 Å². The summed E-state index contributed by atoms with van der Waals surface area (Å²) in [6, 6.07) is 0. The number of carbonyl (C=O) groups excluding carboxylic acids is 1. The molecule has 1 aromatic heterocycles. The predicted octanol–water partition coefficient (Wildman–Crippen LogP) is 3.03. The van der Waals surface area contributed by atoms with E-state index in [0.29, 0.717) is 24.0 Å². The van der Waals surface area contributed by atoms with Gasteiger partial charge in [0.05, 0.1) is 0 Å². The largest absolute Gasteiger partial charge is 0.465 e. The predicted molar refractivity (Wildman–Crippen MR) is 79.3 cm³/mol. The van der Waals surface area contributed by atoms with Crippen LogP contribution in [0.3, 0.4) is 0 Å². The summed E-state index contributed by atoms with van der Waals surface area (Å²) in [7, 11) is 0. The number of hydrogen-bond acceptors (Lipinski definition) is 4. The van der Waals surface area contributed by atoms with Crippen molar-refractivity contribution in [3.05, 3.63) is 11.1 Å². The van der Waals surface area contributed by atoms with Gasteiger partial charge in [0.1, 0.15) is 0 Å². The molecular weight excluding hydrogens is 278 g/mol. The second-order valence-corrected chi connectivity index (χ2v) is 5.88.